The number of sulfonamides is 1. The molecule has 0 aromatic heterocycles. The van der Waals surface area contributed by atoms with Gasteiger partial charge in [-0.15, -0.1) is 0 Å². The molecule has 0 bridgehead atoms. The molecule has 0 unspecified atom stereocenters. The third-order valence-corrected chi connectivity index (χ3v) is 6.31. The summed E-state index contributed by atoms with van der Waals surface area (Å²) in [5.74, 6) is -9.92. The van der Waals surface area contributed by atoms with Crippen LogP contribution < -0.4 is 0 Å². The molecule has 0 atom stereocenters. The van der Waals surface area contributed by atoms with Crippen LogP contribution in [0.5, 0.6) is 0 Å². The maximum atomic E-state index is 13.8. The number of piperazine rings is 1. The minimum absolute atomic E-state index is 0.0343. The third kappa shape index (κ3) is 3.69. The lowest BCUT2D eigenvalue weighted by Gasteiger charge is -2.34. The fourth-order valence-electron chi connectivity index (χ4n) is 2.88. The Morgan fingerprint density at radius 2 is 1.22 bits per heavy atom. The molecule has 10 heteroatoms. The van der Waals surface area contributed by atoms with Crippen molar-refractivity contribution < 1.29 is 30.4 Å². The summed E-state index contributed by atoms with van der Waals surface area (Å²) in [6.07, 6.45) is 0. The third-order valence-electron chi connectivity index (χ3n) is 4.39. The first-order chi connectivity index (χ1) is 12.7. The van der Waals surface area contributed by atoms with Gasteiger partial charge in [0.05, 0.1) is 4.90 Å². The second-order valence-electron chi connectivity index (χ2n) is 6.04. The highest BCUT2D eigenvalue weighted by molar-refractivity contribution is 7.89. The van der Waals surface area contributed by atoms with E-state index in [1.165, 1.54) is 21.3 Å². The Balaban J connectivity index is 1.73. The molecule has 0 aliphatic carbocycles. The summed E-state index contributed by atoms with van der Waals surface area (Å²) in [5, 5.41) is 0. The van der Waals surface area contributed by atoms with Gasteiger partial charge in [-0.05, 0) is 12.1 Å². The predicted octanol–water partition coefficient (Wildman–Crippen LogP) is 2.89. The fraction of sp³-hybridized carbons (Fsp3) is 0.294. The first-order valence-corrected chi connectivity index (χ1v) is 9.45. The van der Waals surface area contributed by atoms with Crippen LogP contribution in [0.15, 0.2) is 35.2 Å². The standard InChI is InChI=1S/C17H15F5N2O2S/c18-13-12(14(19)16(21)17(22)15(13)20)10-23-6-8-24(9-7-23)27(25,26)11-4-2-1-3-5-11/h1-5H,6-10H2. The highest BCUT2D eigenvalue weighted by Gasteiger charge is 2.31. The van der Waals surface area contributed by atoms with Crippen molar-refractivity contribution in [1.82, 2.24) is 9.21 Å². The number of halogens is 5. The van der Waals surface area contributed by atoms with Gasteiger partial charge in [0.1, 0.15) is 0 Å². The van der Waals surface area contributed by atoms with Crippen LogP contribution in [0.4, 0.5) is 22.0 Å². The van der Waals surface area contributed by atoms with E-state index >= 15 is 0 Å². The average Bonchev–Trinajstić information content (AvgIpc) is 2.69. The normalized spacial score (nSPS) is 16.6. The van der Waals surface area contributed by atoms with E-state index in [0.29, 0.717) is 0 Å². The Hall–Kier alpha value is -2.04. The smallest absolute Gasteiger partial charge is 0.243 e. The van der Waals surface area contributed by atoms with Crippen LogP contribution in [0.25, 0.3) is 0 Å². The molecule has 0 N–H and O–H groups in total. The molecule has 3 rings (SSSR count). The number of hydrogen-bond donors (Lipinski definition) is 0. The number of nitrogens with zero attached hydrogens (tertiary/aromatic N) is 2. The van der Waals surface area contributed by atoms with Gasteiger partial charge in [0, 0.05) is 38.3 Å². The number of benzene rings is 2. The zero-order valence-electron chi connectivity index (χ0n) is 13.9. The molecule has 1 heterocycles. The van der Waals surface area contributed by atoms with E-state index in [1.54, 1.807) is 18.2 Å². The van der Waals surface area contributed by atoms with Gasteiger partial charge in [-0.2, -0.15) is 4.31 Å². The molecular weight excluding hydrogens is 391 g/mol. The minimum atomic E-state index is -3.70. The summed E-state index contributed by atoms with van der Waals surface area (Å²) >= 11 is 0. The van der Waals surface area contributed by atoms with Crippen molar-refractivity contribution in [2.24, 2.45) is 0 Å². The molecule has 27 heavy (non-hydrogen) atoms. The van der Waals surface area contributed by atoms with Gasteiger partial charge in [0.25, 0.3) is 0 Å². The van der Waals surface area contributed by atoms with Gasteiger partial charge in [0.2, 0.25) is 15.8 Å². The van der Waals surface area contributed by atoms with Crippen LogP contribution in [0.3, 0.4) is 0 Å². The van der Waals surface area contributed by atoms with Crippen molar-refractivity contribution in [2.45, 2.75) is 11.4 Å². The monoisotopic (exact) mass is 406 g/mol. The molecule has 146 valence electrons. The first kappa shape index (κ1) is 19.7. The lowest BCUT2D eigenvalue weighted by molar-refractivity contribution is 0.176. The van der Waals surface area contributed by atoms with Crippen LogP contribution >= 0.6 is 0 Å². The molecule has 1 aliphatic rings. The molecule has 0 saturated carbocycles. The molecule has 0 radical (unpaired) electrons. The highest BCUT2D eigenvalue weighted by atomic mass is 32.2. The Labute approximate surface area is 152 Å². The van der Waals surface area contributed by atoms with E-state index in [9.17, 15) is 30.4 Å². The molecule has 2 aromatic rings. The lowest BCUT2D eigenvalue weighted by atomic mass is 10.1. The van der Waals surface area contributed by atoms with E-state index in [1.807, 2.05) is 0 Å². The van der Waals surface area contributed by atoms with Crippen molar-refractivity contribution in [1.29, 1.82) is 0 Å². The maximum absolute atomic E-state index is 13.8. The number of hydrogen-bond acceptors (Lipinski definition) is 3. The van der Waals surface area contributed by atoms with Crippen LogP contribution in [0.2, 0.25) is 0 Å². The van der Waals surface area contributed by atoms with Crippen molar-refractivity contribution >= 4 is 10.0 Å². The van der Waals surface area contributed by atoms with Crippen molar-refractivity contribution in [3.8, 4) is 0 Å². The zero-order chi connectivity index (χ0) is 19.8. The largest absolute Gasteiger partial charge is 0.296 e. The quantitative estimate of drug-likeness (QED) is 0.446. The summed E-state index contributed by atoms with van der Waals surface area (Å²) < 4.78 is 93.6. The Kier molecular flexibility index (Phi) is 5.50. The zero-order valence-corrected chi connectivity index (χ0v) is 14.7. The van der Waals surface area contributed by atoms with Crippen LogP contribution in [0, 0.1) is 29.1 Å². The maximum Gasteiger partial charge on any atom is 0.243 e. The highest BCUT2D eigenvalue weighted by Crippen LogP contribution is 2.25. The second kappa shape index (κ2) is 7.53. The van der Waals surface area contributed by atoms with Gasteiger partial charge in [-0.25, -0.2) is 30.4 Å². The van der Waals surface area contributed by atoms with Crippen molar-refractivity contribution in [3.63, 3.8) is 0 Å². The van der Waals surface area contributed by atoms with E-state index in [0.717, 1.165) is 0 Å². The van der Waals surface area contributed by atoms with Gasteiger partial charge in [0.15, 0.2) is 23.3 Å². The lowest BCUT2D eigenvalue weighted by Crippen LogP contribution is -2.48. The van der Waals surface area contributed by atoms with Crippen LogP contribution in [0.1, 0.15) is 5.56 Å². The van der Waals surface area contributed by atoms with Crippen LogP contribution in [-0.4, -0.2) is 43.8 Å². The van der Waals surface area contributed by atoms with E-state index in [-0.39, 0.29) is 31.1 Å². The van der Waals surface area contributed by atoms with E-state index in [2.05, 4.69) is 0 Å². The molecule has 0 amide bonds. The Bertz CT molecular complexity index is 917. The first-order valence-electron chi connectivity index (χ1n) is 8.01. The molecular formula is C17H15F5N2O2S. The van der Waals surface area contributed by atoms with Crippen LogP contribution in [-0.2, 0) is 16.6 Å². The molecule has 1 aliphatic heterocycles. The molecule has 1 fully saturated rings. The Morgan fingerprint density at radius 1 is 0.741 bits per heavy atom. The van der Waals surface area contributed by atoms with Gasteiger partial charge >= 0.3 is 0 Å². The topological polar surface area (TPSA) is 40.6 Å². The predicted molar refractivity (Wildman–Crippen MR) is 86.7 cm³/mol. The summed E-state index contributed by atoms with van der Waals surface area (Å²) in [6.45, 7) is -0.263. The summed E-state index contributed by atoms with van der Waals surface area (Å²) in [5.41, 5.74) is -0.925. The van der Waals surface area contributed by atoms with Gasteiger partial charge in [-0.1, -0.05) is 18.2 Å². The second-order valence-corrected chi connectivity index (χ2v) is 7.98. The molecule has 2 aromatic carbocycles. The average molecular weight is 406 g/mol. The minimum Gasteiger partial charge on any atom is -0.296 e. The van der Waals surface area contributed by atoms with Crippen molar-refractivity contribution in [2.75, 3.05) is 26.2 Å². The molecule has 1 saturated heterocycles. The molecule has 0 spiro atoms. The summed E-state index contributed by atoms with van der Waals surface area (Å²) in [6, 6.07) is 7.77. The Morgan fingerprint density at radius 3 is 1.74 bits per heavy atom. The van der Waals surface area contributed by atoms with Crippen molar-refractivity contribution in [3.05, 3.63) is 65.0 Å². The van der Waals surface area contributed by atoms with Gasteiger partial charge in [-0.3, -0.25) is 4.90 Å². The van der Waals surface area contributed by atoms with Gasteiger partial charge < -0.3 is 0 Å². The number of rotatable bonds is 4. The SMILES string of the molecule is O=S(=O)(c1ccccc1)N1CCN(Cc2c(F)c(F)c(F)c(F)c2F)CC1. The summed E-state index contributed by atoms with van der Waals surface area (Å²) in [4.78, 5) is 1.56. The van der Waals surface area contributed by atoms with E-state index < -0.39 is 51.2 Å². The summed E-state index contributed by atoms with van der Waals surface area (Å²) in [7, 11) is -3.70. The molecule has 4 nitrogen and oxygen atoms in total. The van der Waals surface area contributed by atoms with E-state index in [4.69, 9.17) is 0 Å². The fourth-order valence-corrected chi connectivity index (χ4v) is 4.33.